The van der Waals surface area contributed by atoms with Gasteiger partial charge in [-0.2, -0.15) is 0 Å². The number of halogens is 3. The third-order valence-corrected chi connectivity index (χ3v) is 2.91. The standard InChI is InChI=1S/C9H5ClF2O3S/c1-16-5-3-2-4(8(10)13)6-7(5)15-9(11,12)14-6/h2-3H,1H3. The van der Waals surface area contributed by atoms with Crippen molar-refractivity contribution in [2.45, 2.75) is 11.2 Å². The van der Waals surface area contributed by atoms with Crippen molar-refractivity contribution in [2.75, 3.05) is 6.26 Å². The lowest BCUT2D eigenvalue weighted by Crippen LogP contribution is -2.26. The third kappa shape index (κ3) is 1.82. The molecule has 0 N–H and O–H groups in total. The Morgan fingerprint density at radius 1 is 1.38 bits per heavy atom. The molecule has 86 valence electrons. The number of fused-ring (bicyclic) bond motifs is 1. The van der Waals surface area contributed by atoms with Crippen molar-refractivity contribution in [3.63, 3.8) is 0 Å². The molecule has 0 fully saturated rings. The molecule has 0 bridgehead atoms. The van der Waals surface area contributed by atoms with Gasteiger partial charge in [0.25, 0.3) is 5.24 Å². The zero-order valence-corrected chi connectivity index (χ0v) is 9.49. The van der Waals surface area contributed by atoms with E-state index in [-0.39, 0.29) is 17.1 Å². The normalized spacial score (nSPS) is 16.2. The molecule has 0 saturated heterocycles. The van der Waals surface area contributed by atoms with Crippen LogP contribution in [-0.2, 0) is 0 Å². The molecular formula is C9H5ClF2O3S. The Morgan fingerprint density at radius 3 is 2.56 bits per heavy atom. The van der Waals surface area contributed by atoms with E-state index in [0.717, 1.165) is 0 Å². The first-order valence-corrected chi connectivity index (χ1v) is 5.71. The van der Waals surface area contributed by atoms with E-state index < -0.39 is 11.5 Å². The molecule has 1 aliphatic rings. The molecular weight excluding hydrogens is 262 g/mol. The van der Waals surface area contributed by atoms with Crippen LogP contribution in [0.25, 0.3) is 0 Å². The van der Waals surface area contributed by atoms with Crippen LogP contribution in [0.5, 0.6) is 11.5 Å². The molecule has 0 atom stereocenters. The second-order valence-electron chi connectivity index (χ2n) is 2.91. The van der Waals surface area contributed by atoms with Crippen molar-refractivity contribution >= 4 is 28.6 Å². The maximum Gasteiger partial charge on any atom is 0.586 e. The molecule has 0 unspecified atom stereocenters. The summed E-state index contributed by atoms with van der Waals surface area (Å²) < 4.78 is 34.4. The topological polar surface area (TPSA) is 35.5 Å². The highest BCUT2D eigenvalue weighted by molar-refractivity contribution is 7.98. The minimum atomic E-state index is -3.75. The zero-order chi connectivity index (χ0) is 11.9. The van der Waals surface area contributed by atoms with Crippen LogP contribution < -0.4 is 9.47 Å². The minimum Gasteiger partial charge on any atom is -0.394 e. The van der Waals surface area contributed by atoms with Crippen LogP contribution in [0.3, 0.4) is 0 Å². The zero-order valence-electron chi connectivity index (χ0n) is 7.92. The van der Waals surface area contributed by atoms with E-state index >= 15 is 0 Å². The van der Waals surface area contributed by atoms with Crippen LogP contribution in [0.2, 0.25) is 0 Å². The number of thioether (sulfide) groups is 1. The second-order valence-corrected chi connectivity index (χ2v) is 4.11. The average molecular weight is 267 g/mol. The van der Waals surface area contributed by atoms with Crippen LogP contribution in [0.15, 0.2) is 17.0 Å². The summed E-state index contributed by atoms with van der Waals surface area (Å²) in [7, 11) is 0. The summed E-state index contributed by atoms with van der Waals surface area (Å²) in [5.74, 6) is -0.458. The van der Waals surface area contributed by atoms with Crippen molar-refractivity contribution in [3.8, 4) is 11.5 Å². The van der Waals surface area contributed by atoms with Crippen LogP contribution >= 0.6 is 23.4 Å². The van der Waals surface area contributed by atoms with Crippen LogP contribution in [0.4, 0.5) is 8.78 Å². The Balaban J connectivity index is 2.59. The maximum atomic E-state index is 12.9. The molecule has 0 spiro atoms. The monoisotopic (exact) mass is 266 g/mol. The highest BCUT2D eigenvalue weighted by atomic mass is 35.5. The molecule has 0 saturated carbocycles. The van der Waals surface area contributed by atoms with Gasteiger partial charge in [-0.1, -0.05) is 0 Å². The van der Waals surface area contributed by atoms with Crippen molar-refractivity contribution in [2.24, 2.45) is 0 Å². The maximum absolute atomic E-state index is 12.9. The van der Waals surface area contributed by atoms with E-state index in [1.807, 2.05) is 0 Å². The fourth-order valence-electron chi connectivity index (χ4n) is 1.32. The van der Waals surface area contributed by atoms with E-state index in [9.17, 15) is 13.6 Å². The van der Waals surface area contributed by atoms with Gasteiger partial charge in [0.2, 0.25) is 0 Å². The number of benzene rings is 1. The van der Waals surface area contributed by atoms with Gasteiger partial charge < -0.3 is 9.47 Å². The molecule has 1 aromatic rings. The highest BCUT2D eigenvalue weighted by Crippen LogP contribution is 2.48. The minimum absolute atomic E-state index is 0.133. The Morgan fingerprint density at radius 2 is 2.00 bits per heavy atom. The van der Waals surface area contributed by atoms with Gasteiger partial charge in [0, 0.05) is 0 Å². The van der Waals surface area contributed by atoms with E-state index in [2.05, 4.69) is 9.47 Å². The quantitative estimate of drug-likeness (QED) is 0.609. The lowest BCUT2D eigenvalue weighted by molar-refractivity contribution is -0.287. The number of carbonyl (C=O) groups is 1. The average Bonchev–Trinajstić information content (AvgIpc) is 2.50. The molecule has 3 nitrogen and oxygen atoms in total. The summed E-state index contributed by atoms with van der Waals surface area (Å²) in [5, 5.41) is -0.870. The van der Waals surface area contributed by atoms with E-state index in [1.54, 1.807) is 6.26 Å². The van der Waals surface area contributed by atoms with Crippen molar-refractivity contribution < 1.29 is 23.0 Å². The molecule has 0 aromatic heterocycles. The molecule has 7 heteroatoms. The second kappa shape index (κ2) is 3.78. The largest absolute Gasteiger partial charge is 0.586 e. The fraction of sp³-hybridized carbons (Fsp3) is 0.222. The van der Waals surface area contributed by atoms with Gasteiger partial charge in [0.1, 0.15) is 0 Å². The molecule has 0 aliphatic carbocycles. The third-order valence-electron chi connectivity index (χ3n) is 1.95. The SMILES string of the molecule is CSc1ccc(C(=O)Cl)c2c1OC(F)(F)O2. The fourth-order valence-corrected chi connectivity index (χ4v) is 1.99. The first-order chi connectivity index (χ1) is 7.44. The number of carbonyl (C=O) groups excluding carboxylic acids is 1. The molecule has 16 heavy (non-hydrogen) atoms. The summed E-state index contributed by atoms with van der Waals surface area (Å²) in [5.41, 5.74) is -0.133. The Bertz CT molecular complexity index is 464. The number of rotatable bonds is 2. The summed E-state index contributed by atoms with van der Waals surface area (Å²) in [6, 6.07) is 2.80. The summed E-state index contributed by atoms with van der Waals surface area (Å²) >= 11 is 6.45. The van der Waals surface area contributed by atoms with Gasteiger partial charge in [0.15, 0.2) is 11.5 Å². The van der Waals surface area contributed by atoms with E-state index in [1.165, 1.54) is 23.9 Å². The Kier molecular flexibility index (Phi) is 2.71. The predicted octanol–water partition coefficient (Wildman–Crippen LogP) is 3.11. The molecule has 2 rings (SSSR count). The number of hydrogen-bond donors (Lipinski definition) is 0. The Hall–Kier alpha value is -1.01. The van der Waals surface area contributed by atoms with Crippen LogP contribution in [0, 0.1) is 0 Å². The molecule has 1 heterocycles. The number of ether oxygens (including phenoxy) is 2. The predicted molar refractivity (Wildman–Crippen MR) is 54.6 cm³/mol. The first-order valence-electron chi connectivity index (χ1n) is 4.11. The summed E-state index contributed by atoms with van der Waals surface area (Å²) in [6.07, 6.45) is -2.06. The lowest BCUT2D eigenvalue weighted by Gasteiger charge is -2.05. The van der Waals surface area contributed by atoms with Gasteiger partial charge in [-0.3, -0.25) is 4.79 Å². The molecule has 0 radical (unpaired) electrons. The molecule has 0 amide bonds. The van der Waals surface area contributed by atoms with Crippen molar-refractivity contribution in [1.29, 1.82) is 0 Å². The molecule has 1 aliphatic heterocycles. The molecule has 1 aromatic carbocycles. The van der Waals surface area contributed by atoms with Crippen LogP contribution in [-0.4, -0.2) is 17.8 Å². The Labute approximate surface area is 98.7 Å². The first kappa shape index (κ1) is 11.5. The van der Waals surface area contributed by atoms with E-state index in [0.29, 0.717) is 4.90 Å². The van der Waals surface area contributed by atoms with Crippen molar-refractivity contribution in [1.82, 2.24) is 0 Å². The smallest absolute Gasteiger partial charge is 0.394 e. The van der Waals surface area contributed by atoms with Gasteiger partial charge in [-0.05, 0) is 30.0 Å². The number of alkyl halides is 2. The highest BCUT2D eigenvalue weighted by Gasteiger charge is 2.46. The summed E-state index contributed by atoms with van der Waals surface area (Å²) in [4.78, 5) is 11.4. The van der Waals surface area contributed by atoms with E-state index in [4.69, 9.17) is 11.6 Å². The lowest BCUT2D eigenvalue weighted by atomic mass is 10.2. The van der Waals surface area contributed by atoms with Gasteiger partial charge in [-0.15, -0.1) is 20.5 Å². The van der Waals surface area contributed by atoms with Gasteiger partial charge in [0.05, 0.1) is 10.5 Å². The number of hydrogen-bond acceptors (Lipinski definition) is 4. The van der Waals surface area contributed by atoms with Gasteiger partial charge in [-0.25, -0.2) is 0 Å². The van der Waals surface area contributed by atoms with Gasteiger partial charge >= 0.3 is 6.29 Å². The summed E-state index contributed by atoms with van der Waals surface area (Å²) in [6.45, 7) is 0. The van der Waals surface area contributed by atoms with Crippen molar-refractivity contribution in [3.05, 3.63) is 17.7 Å². The van der Waals surface area contributed by atoms with Crippen LogP contribution in [0.1, 0.15) is 10.4 Å².